The Balaban J connectivity index is 1.91. The van der Waals surface area contributed by atoms with Gasteiger partial charge in [-0.05, 0) is 48.6 Å². The van der Waals surface area contributed by atoms with Gasteiger partial charge in [0.15, 0.2) is 0 Å². The van der Waals surface area contributed by atoms with Crippen molar-refractivity contribution in [3.63, 3.8) is 0 Å². The second-order valence-corrected chi connectivity index (χ2v) is 6.30. The quantitative estimate of drug-likeness (QED) is 0.678. The highest BCUT2D eigenvalue weighted by Crippen LogP contribution is 2.26. The summed E-state index contributed by atoms with van der Waals surface area (Å²) in [6, 6.07) is 17.6. The molecule has 0 aromatic heterocycles. The Morgan fingerprint density at radius 3 is 2.28 bits per heavy atom. The largest absolute Gasteiger partial charge is 0.489 e. The van der Waals surface area contributed by atoms with Gasteiger partial charge in [0.2, 0.25) is 0 Å². The lowest BCUT2D eigenvalue weighted by Crippen LogP contribution is -2.33. The van der Waals surface area contributed by atoms with Gasteiger partial charge in [0.05, 0.1) is 12.0 Å². The second kappa shape index (κ2) is 8.49. The second-order valence-electron chi connectivity index (χ2n) is 6.30. The monoisotopic (exact) mass is 340 g/mol. The van der Waals surface area contributed by atoms with E-state index in [2.05, 4.69) is 6.58 Å². The van der Waals surface area contributed by atoms with Crippen LogP contribution < -0.4 is 4.74 Å². The van der Waals surface area contributed by atoms with Crippen molar-refractivity contribution in [3.05, 3.63) is 77.9 Å². The molecule has 0 radical (unpaired) electrons. The fourth-order valence-corrected chi connectivity index (χ4v) is 2.55. The van der Waals surface area contributed by atoms with Gasteiger partial charge in [-0.15, -0.1) is 0 Å². The number of hydrogen-bond acceptors (Lipinski definition) is 3. The van der Waals surface area contributed by atoms with Crippen molar-refractivity contribution in [2.75, 3.05) is 0 Å². The van der Waals surface area contributed by atoms with Gasteiger partial charge in [0, 0.05) is 0 Å². The molecule has 4 heteroatoms. The van der Waals surface area contributed by atoms with Crippen molar-refractivity contribution < 1.29 is 19.7 Å². The van der Waals surface area contributed by atoms with Crippen molar-refractivity contribution in [2.24, 2.45) is 0 Å². The maximum Gasteiger partial charge on any atom is 0.306 e. The van der Waals surface area contributed by atoms with E-state index in [1.807, 2.05) is 54.6 Å². The van der Waals surface area contributed by atoms with E-state index in [-0.39, 0.29) is 6.42 Å². The lowest BCUT2D eigenvalue weighted by molar-refractivity contribution is -0.141. The number of rotatable bonds is 9. The fraction of sp³-hybridized carbons (Fsp3) is 0.286. The van der Waals surface area contributed by atoms with Crippen molar-refractivity contribution in [1.82, 2.24) is 0 Å². The predicted molar refractivity (Wildman–Crippen MR) is 97.6 cm³/mol. The zero-order chi connectivity index (χ0) is 18.3. The Morgan fingerprint density at radius 1 is 1.08 bits per heavy atom. The van der Waals surface area contributed by atoms with Crippen molar-refractivity contribution in [1.29, 1.82) is 0 Å². The maximum atomic E-state index is 10.9. The number of aryl methyl sites for hydroxylation is 1. The van der Waals surface area contributed by atoms with Crippen LogP contribution in [0.4, 0.5) is 0 Å². The van der Waals surface area contributed by atoms with Crippen LogP contribution in [0.15, 0.2) is 66.7 Å². The van der Waals surface area contributed by atoms with Crippen LogP contribution in [0.1, 0.15) is 30.9 Å². The van der Waals surface area contributed by atoms with E-state index in [9.17, 15) is 9.90 Å². The highest BCUT2D eigenvalue weighted by Gasteiger charge is 2.30. The number of hydrogen-bond donors (Lipinski definition) is 2. The molecule has 0 aliphatic heterocycles. The highest BCUT2D eigenvalue weighted by molar-refractivity contribution is 5.69. The highest BCUT2D eigenvalue weighted by atomic mass is 16.5. The number of benzene rings is 2. The summed E-state index contributed by atoms with van der Waals surface area (Å²) in [5, 5.41) is 19.4. The molecular weight excluding hydrogens is 316 g/mol. The standard InChI is InChI=1S/C21H24O4/c1-16(2)21(24,14-20(22)23)13-12-17-8-10-19(11-9-17)25-15-18-6-4-3-5-7-18/h3-11,24H,1,12-15H2,2H3,(H,22,23). The summed E-state index contributed by atoms with van der Waals surface area (Å²) in [6.07, 6.45) is 0.551. The van der Waals surface area contributed by atoms with Crippen molar-refractivity contribution in [3.8, 4) is 5.75 Å². The van der Waals surface area contributed by atoms with E-state index in [4.69, 9.17) is 9.84 Å². The molecule has 1 atom stereocenters. The van der Waals surface area contributed by atoms with Gasteiger partial charge in [0.1, 0.15) is 12.4 Å². The van der Waals surface area contributed by atoms with Crippen LogP contribution in [0.3, 0.4) is 0 Å². The minimum atomic E-state index is -1.38. The van der Waals surface area contributed by atoms with Crippen LogP contribution in [-0.4, -0.2) is 21.8 Å². The van der Waals surface area contributed by atoms with Gasteiger partial charge < -0.3 is 14.9 Å². The SMILES string of the molecule is C=C(C)C(O)(CCc1ccc(OCc2ccccc2)cc1)CC(=O)O. The van der Waals surface area contributed by atoms with E-state index in [1.54, 1.807) is 6.92 Å². The van der Waals surface area contributed by atoms with E-state index in [0.717, 1.165) is 16.9 Å². The molecule has 0 saturated carbocycles. The molecule has 0 saturated heterocycles. The Hall–Kier alpha value is -2.59. The summed E-state index contributed by atoms with van der Waals surface area (Å²) in [6.45, 7) is 5.89. The number of ether oxygens (including phenoxy) is 1. The summed E-state index contributed by atoms with van der Waals surface area (Å²) in [5.74, 6) is -0.261. The Bertz CT molecular complexity index is 706. The first-order valence-electron chi connectivity index (χ1n) is 8.25. The Kier molecular flexibility index (Phi) is 6.37. The minimum Gasteiger partial charge on any atom is -0.489 e. The first kappa shape index (κ1) is 18.7. The number of carboxylic acid groups (broad SMARTS) is 1. The van der Waals surface area contributed by atoms with E-state index < -0.39 is 11.6 Å². The molecule has 0 aliphatic rings. The lowest BCUT2D eigenvalue weighted by Gasteiger charge is -2.27. The van der Waals surface area contributed by atoms with Crippen LogP contribution in [0.2, 0.25) is 0 Å². The third kappa shape index (κ3) is 5.76. The van der Waals surface area contributed by atoms with Gasteiger partial charge in [0.25, 0.3) is 0 Å². The Morgan fingerprint density at radius 2 is 1.72 bits per heavy atom. The smallest absolute Gasteiger partial charge is 0.306 e. The molecule has 0 heterocycles. The molecule has 0 bridgehead atoms. The zero-order valence-electron chi connectivity index (χ0n) is 14.4. The summed E-state index contributed by atoms with van der Waals surface area (Å²) in [4.78, 5) is 10.9. The summed E-state index contributed by atoms with van der Waals surface area (Å²) in [5.41, 5.74) is 1.20. The summed E-state index contributed by atoms with van der Waals surface area (Å²) >= 11 is 0. The van der Waals surface area contributed by atoms with E-state index in [1.165, 1.54) is 0 Å². The number of aliphatic carboxylic acids is 1. The molecule has 25 heavy (non-hydrogen) atoms. The maximum absolute atomic E-state index is 10.9. The number of carboxylic acids is 1. The molecule has 0 aliphatic carbocycles. The fourth-order valence-electron chi connectivity index (χ4n) is 2.55. The molecule has 4 nitrogen and oxygen atoms in total. The van der Waals surface area contributed by atoms with E-state index >= 15 is 0 Å². The van der Waals surface area contributed by atoms with Gasteiger partial charge >= 0.3 is 5.97 Å². The van der Waals surface area contributed by atoms with Crippen LogP contribution in [-0.2, 0) is 17.8 Å². The third-order valence-electron chi connectivity index (χ3n) is 4.24. The first-order valence-corrected chi connectivity index (χ1v) is 8.25. The average Bonchev–Trinajstić information content (AvgIpc) is 2.59. The third-order valence-corrected chi connectivity index (χ3v) is 4.24. The molecular formula is C21H24O4. The summed E-state index contributed by atoms with van der Waals surface area (Å²) < 4.78 is 5.74. The average molecular weight is 340 g/mol. The molecule has 2 aromatic rings. The first-order chi connectivity index (χ1) is 11.9. The zero-order valence-corrected chi connectivity index (χ0v) is 14.4. The minimum absolute atomic E-state index is 0.318. The summed E-state index contributed by atoms with van der Waals surface area (Å²) in [7, 11) is 0. The number of aliphatic hydroxyl groups is 1. The molecule has 2 aromatic carbocycles. The topological polar surface area (TPSA) is 66.8 Å². The van der Waals surface area contributed by atoms with Crippen LogP contribution in [0.5, 0.6) is 5.75 Å². The molecule has 132 valence electrons. The Labute approximate surface area is 148 Å². The molecule has 0 amide bonds. The molecule has 2 N–H and O–H groups in total. The van der Waals surface area contributed by atoms with Crippen LogP contribution in [0, 0.1) is 0 Å². The molecule has 1 unspecified atom stereocenters. The molecule has 0 fully saturated rings. The normalized spacial score (nSPS) is 13.0. The van der Waals surface area contributed by atoms with Gasteiger partial charge in [-0.1, -0.05) is 49.0 Å². The molecule has 2 rings (SSSR count). The lowest BCUT2D eigenvalue weighted by atomic mass is 9.86. The van der Waals surface area contributed by atoms with Gasteiger partial charge in [-0.2, -0.15) is 0 Å². The van der Waals surface area contributed by atoms with Crippen LogP contribution in [0.25, 0.3) is 0 Å². The van der Waals surface area contributed by atoms with Gasteiger partial charge in [-0.3, -0.25) is 4.79 Å². The predicted octanol–water partition coefficient (Wildman–Crippen LogP) is 3.98. The van der Waals surface area contributed by atoms with Crippen molar-refractivity contribution in [2.45, 2.75) is 38.4 Å². The van der Waals surface area contributed by atoms with Crippen LogP contribution >= 0.6 is 0 Å². The van der Waals surface area contributed by atoms with Crippen molar-refractivity contribution >= 4 is 5.97 Å². The number of carbonyl (C=O) groups is 1. The van der Waals surface area contributed by atoms with E-state index in [0.29, 0.717) is 25.0 Å². The van der Waals surface area contributed by atoms with Gasteiger partial charge in [-0.25, -0.2) is 0 Å². The molecule has 0 spiro atoms.